The molecule has 13 heavy (non-hydrogen) atoms. The highest BCUT2D eigenvalue weighted by Crippen LogP contribution is 2.63. The maximum atomic E-state index is 5.89. The van der Waals surface area contributed by atoms with Crippen molar-refractivity contribution in [3.8, 4) is 0 Å². The molecule has 0 aromatic rings. The zero-order chi connectivity index (χ0) is 9.27. The lowest BCUT2D eigenvalue weighted by atomic mass is 9.72. The first-order valence-corrected chi connectivity index (χ1v) is 5.22. The fourth-order valence-electron chi connectivity index (χ4n) is 3.62. The van der Waals surface area contributed by atoms with Crippen LogP contribution in [0.5, 0.6) is 0 Å². The van der Waals surface area contributed by atoms with E-state index in [0.717, 1.165) is 19.3 Å². The van der Waals surface area contributed by atoms with Gasteiger partial charge in [-0.2, -0.15) is 0 Å². The molecule has 5 atom stereocenters. The fourth-order valence-corrected chi connectivity index (χ4v) is 3.62. The molecule has 0 amide bonds. The van der Waals surface area contributed by atoms with Gasteiger partial charge in [0.25, 0.3) is 0 Å². The quantitative estimate of drug-likeness (QED) is 0.562. The van der Waals surface area contributed by atoms with Gasteiger partial charge >= 0.3 is 0 Å². The number of rotatable bonds is 1. The average molecular weight is 178 g/mol. The van der Waals surface area contributed by atoms with E-state index in [1.54, 1.807) is 0 Å². The molecule has 2 saturated heterocycles. The summed E-state index contributed by atoms with van der Waals surface area (Å²) in [5, 5.41) is 0. The first kappa shape index (κ1) is 8.31. The first-order valence-electron chi connectivity index (χ1n) is 5.22. The second kappa shape index (κ2) is 2.14. The highest BCUT2D eigenvalue weighted by atomic mass is 16.6. The van der Waals surface area contributed by atoms with Crippen molar-refractivity contribution < 1.29 is 9.47 Å². The SMILES string of the molecule is [B][C@@H]1O[C@@]2(CC)CCC3(C)O[C@H]1C32. The Morgan fingerprint density at radius 3 is 2.77 bits per heavy atom. The summed E-state index contributed by atoms with van der Waals surface area (Å²) in [5.74, 6) is 0.556. The lowest BCUT2D eigenvalue weighted by molar-refractivity contribution is -0.229. The van der Waals surface area contributed by atoms with Gasteiger partial charge in [0.05, 0.1) is 17.3 Å². The van der Waals surface area contributed by atoms with E-state index in [0.29, 0.717) is 5.92 Å². The molecule has 3 rings (SSSR count). The molecule has 2 aliphatic heterocycles. The largest absolute Gasteiger partial charge is 0.378 e. The third-order valence-electron chi connectivity index (χ3n) is 4.30. The maximum absolute atomic E-state index is 5.89. The Labute approximate surface area is 80.4 Å². The minimum Gasteiger partial charge on any atom is -0.378 e. The summed E-state index contributed by atoms with van der Waals surface area (Å²) >= 11 is 0. The van der Waals surface area contributed by atoms with E-state index in [1.807, 2.05) is 0 Å². The predicted octanol–water partition coefficient (Wildman–Crippen LogP) is 1.23. The van der Waals surface area contributed by atoms with Gasteiger partial charge in [-0.15, -0.1) is 0 Å². The van der Waals surface area contributed by atoms with Crippen LogP contribution in [0.4, 0.5) is 0 Å². The second-order valence-corrected chi connectivity index (χ2v) is 4.87. The van der Waals surface area contributed by atoms with E-state index in [2.05, 4.69) is 13.8 Å². The molecule has 3 fully saturated rings. The number of ether oxygens (including phenoxy) is 2. The van der Waals surface area contributed by atoms with E-state index in [1.165, 1.54) is 0 Å². The summed E-state index contributed by atoms with van der Waals surface area (Å²) in [7, 11) is 5.88. The van der Waals surface area contributed by atoms with Crippen molar-refractivity contribution in [1.29, 1.82) is 0 Å². The van der Waals surface area contributed by atoms with Crippen LogP contribution in [-0.2, 0) is 9.47 Å². The van der Waals surface area contributed by atoms with E-state index in [-0.39, 0.29) is 23.3 Å². The van der Waals surface area contributed by atoms with Crippen molar-refractivity contribution in [1.82, 2.24) is 0 Å². The highest BCUT2D eigenvalue weighted by Gasteiger charge is 2.71. The summed E-state index contributed by atoms with van der Waals surface area (Å²) in [6.45, 7) is 4.39. The molecule has 2 heterocycles. The van der Waals surface area contributed by atoms with E-state index < -0.39 is 0 Å². The molecule has 70 valence electrons. The molecule has 1 aliphatic carbocycles. The van der Waals surface area contributed by atoms with Gasteiger partial charge in [0.1, 0.15) is 7.85 Å². The molecule has 2 nitrogen and oxygen atoms in total. The zero-order valence-corrected chi connectivity index (χ0v) is 8.25. The Hall–Kier alpha value is -0.0151. The minimum atomic E-state index is -0.182. The smallest absolute Gasteiger partial charge is 0.112 e. The Kier molecular flexibility index (Phi) is 1.37. The van der Waals surface area contributed by atoms with E-state index >= 15 is 0 Å². The lowest BCUT2D eigenvalue weighted by Crippen LogP contribution is -2.59. The van der Waals surface area contributed by atoms with Crippen LogP contribution in [0.2, 0.25) is 0 Å². The summed E-state index contributed by atoms with van der Waals surface area (Å²) in [6.07, 6.45) is 3.50. The summed E-state index contributed by atoms with van der Waals surface area (Å²) in [6, 6.07) is -0.182. The van der Waals surface area contributed by atoms with E-state index in [9.17, 15) is 0 Å². The van der Waals surface area contributed by atoms with Crippen LogP contribution < -0.4 is 0 Å². The Balaban J connectivity index is 1.99. The first-order chi connectivity index (χ1) is 6.11. The van der Waals surface area contributed by atoms with Gasteiger partial charge in [-0.1, -0.05) is 6.92 Å². The Morgan fingerprint density at radius 1 is 1.38 bits per heavy atom. The van der Waals surface area contributed by atoms with Gasteiger partial charge < -0.3 is 9.47 Å². The molecule has 0 aromatic heterocycles. The van der Waals surface area contributed by atoms with Crippen molar-refractivity contribution >= 4 is 7.85 Å². The molecule has 3 aliphatic rings. The molecular weight excluding hydrogens is 163 g/mol. The topological polar surface area (TPSA) is 18.5 Å². The van der Waals surface area contributed by atoms with Gasteiger partial charge in [-0.05, 0) is 26.2 Å². The van der Waals surface area contributed by atoms with Gasteiger partial charge in [0, 0.05) is 11.9 Å². The number of hydrogen-bond acceptors (Lipinski definition) is 2. The third-order valence-corrected chi connectivity index (χ3v) is 4.30. The molecule has 2 unspecified atom stereocenters. The Bertz CT molecular complexity index is 257. The van der Waals surface area contributed by atoms with Crippen molar-refractivity contribution in [3.63, 3.8) is 0 Å². The predicted molar refractivity (Wildman–Crippen MR) is 49.7 cm³/mol. The van der Waals surface area contributed by atoms with Crippen LogP contribution in [0, 0.1) is 5.92 Å². The monoisotopic (exact) mass is 178 g/mol. The average Bonchev–Trinajstić information content (AvgIpc) is 2.42. The molecule has 0 spiro atoms. The minimum absolute atomic E-state index is 0.0527. The van der Waals surface area contributed by atoms with Crippen LogP contribution >= 0.6 is 0 Å². The second-order valence-electron chi connectivity index (χ2n) is 4.87. The van der Waals surface area contributed by atoms with Crippen LogP contribution in [0.1, 0.15) is 33.1 Å². The van der Waals surface area contributed by atoms with Gasteiger partial charge in [-0.3, -0.25) is 0 Å². The normalized spacial score (nSPS) is 63.4. The van der Waals surface area contributed by atoms with Crippen LogP contribution in [0.15, 0.2) is 0 Å². The lowest BCUT2D eigenvalue weighted by Gasteiger charge is -2.49. The molecule has 3 heteroatoms. The summed E-state index contributed by atoms with van der Waals surface area (Å²) in [4.78, 5) is 0. The molecule has 1 saturated carbocycles. The van der Waals surface area contributed by atoms with Gasteiger partial charge in [0.2, 0.25) is 0 Å². The Morgan fingerprint density at radius 2 is 2.15 bits per heavy atom. The molecule has 0 N–H and O–H groups in total. The van der Waals surface area contributed by atoms with Crippen molar-refractivity contribution in [3.05, 3.63) is 0 Å². The van der Waals surface area contributed by atoms with Crippen molar-refractivity contribution in [2.75, 3.05) is 0 Å². The fraction of sp³-hybridized carbons (Fsp3) is 1.00. The third kappa shape index (κ3) is 0.747. The summed E-state index contributed by atoms with van der Waals surface area (Å²) in [5.41, 5.74) is 0.131. The van der Waals surface area contributed by atoms with Crippen LogP contribution in [0.25, 0.3) is 0 Å². The van der Waals surface area contributed by atoms with Gasteiger partial charge in [-0.25, -0.2) is 0 Å². The molecule has 0 bridgehead atoms. The molecule has 0 aromatic carbocycles. The van der Waals surface area contributed by atoms with E-state index in [4.69, 9.17) is 17.3 Å². The number of hydrogen-bond donors (Lipinski definition) is 0. The van der Waals surface area contributed by atoms with Crippen LogP contribution in [-0.4, -0.2) is 31.2 Å². The maximum Gasteiger partial charge on any atom is 0.112 e. The van der Waals surface area contributed by atoms with Crippen molar-refractivity contribution in [2.45, 2.75) is 56.4 Å². The van der Waals surface area contributed by atoms with Crippen molar-refractivity contribution in [2.24, 2.45) is 5.92 Å². The standard InChI is InChI=1S/C10H15BO2/c1-3-10-5-4-9(2)7(10)6(12-9)8(11)13-10/h6-8H,3-5H2,1-2H3/t6-,7?,8+,9?,10-/m0/s1. The summed E-state index contributed by atoms with van der Waals surface area (Å²) < 4.78 is 11.7. The highest BCUT2D eigenvalue weighted by molar-refractivity contribution is 6.11. The van der Waals surface area contributed by atoms with Crippen LogP contribution in [0.3, 0.4) is 0 Å². The van der Waals surface area contributed by atoms with Gasteiger partial charge in [0.15, 0.2) is 0 Å². The zero-order valence-electron chi connectivity index (χ0n) is 8.25. The molecular formula is C10H15BO2. The molecule has 2 radical (unpaired) electrons.